The average Bonchev–Trinajstić information content (AvgIpc) is 3.06. The van der Waals surface area contributed by atoms with Crippen LogP contribution in [0.3, 0.4) is 0 Å². The normalized spacial score (nSPS) is 17.9. The fourth-order valence-corrected chi connectivity index (χ4v) is 3.34. The van der Waals surface area contributed by atoms with E-state index in [4.69, 9.17) is 4.74 Å². The highest BCUT2D eigenvalue weighted by Gasteiger charge is 2.25. The molecule has 1 aromatic carbocycles. The molecule has 6 nitrogen and oxygen atoms in total. The fourth-order valence-electron chi connectivity index (χ4n) is 3.34. The number of rotatable bonds is 3. The Bertz CT molecular complexity index is 745. The van der Waals surface area contributed by atoms with Crippen LogP contribution in [0.25, 0.3) is 0 Å². The second-order valence-electron chi connectivity index (χ2n) is 6.49. The summed E-state index contributed by atoms with van der Waals surface area (Å²) >= 11 is 0. The molecule has 0 atom stereocenters. The Balaban J connectivity index is 1.35. The summed E-state index contributed by atoms with van der Waals surface area (Å²) in [5, 5.41) is 4.37. The van der Waals surface area contributed by atoms with Crippen LogP contribution in [0.15, 0.2) is 30.3 Å². The maximum absolute atomic E-state index is 13.3. The van der Waals surface area contributed by atoms with Gasteiger partial charge in [0, 0.05) is 51.8 Å². The van der Waals surface area contributed by atoms with E-state index < -0.39 is 0 Å². The van der Waals surface area contributed by atoms with E-state index in [1.165, 1.54) is 6.07 Å². The van der Waals surface area contributed by atoms with Crippen LogP contribution in [-0.4, -0.2) is 58.3 Å². The summed E-state index contributed by atoms with van der Waals surface area (Å²) in [5.41, 5.74) is 1.41. The van der Waals surface area contributed by atoms with Crippen molar-refractivity contribution in [1.29, 1.82) is 0 Å². The molecule has 3 heterocycles. The van der Waals surface area contributed by atoms with Crippen molar-refractivity contribution in [1.82, 2.24) is 19.6 Å². The molecule has 2 aliphatic heterocycles. The largest absolute Gasteiger partial charge is 0.478 e. The highest BCUT2D eigenvalue weighted by molar-refractivity contribution is 5.92. The number of hydrogen-bond acceptors (Lipinski definition) is 4. The molecule has 132 valence electrons. The third-order valence-electron chi connectivity index (χ3n) is 4.68. The molecule has 1 fully saturated rings. The molecule has 2 aliphatic rings. The van der Waals surface area contributed by atoms with Crippen LogP contribution in [0.1, 0.15) is 22.5 Å². The first-order chi connectivity index (χ1) is 12.2. The number of ether oxygens (including phenoxy) is 1. The van der Waals surface area contributed by atoms with Crippen LogP contribution >= 0.6 is 0 Å². The van der Waals surface area contributed by atoms with E-state index in [1.54, 1.807) is 22.9 Å². The van der Waals surface area contributed by atoms with Crippen molar-refractivity contribution < 1.29 is 13.9 Å². The lowest BCUT2D eigenvalue weighted by molar-refractivity contribution is 0.0621. The van der Waals surface area contributed by atoms with Crippen molar-refractivity contribution in [3.05, 3.63) is 47.4 Å². The monoisotopic (exact) mass is 344 g/mol. The number of benzene rings is 1. The van der Waals surface area contributed by atoms with Crippen LogP contribution in [0, 0.1) is 5.82 Å². The molecule has 1 amide bonds. The highest BCUT2D eigenvalue weighted by atomic mass is 19.1. The van der Waals surface area contributed by atoms with Gasteiger partial charge in [-0.2, -0.15) is 5.10 Å². The minimum absolute atomic E-state index is 0.0455. The molecule has 2 aromatic rings. The van der Waals surface area contributed by atoms with Crippen molar-refractivity contribution in [2.75, 3.05) is 32.8 Å². The first-order valence-electron chi connectivity index (χ1n) is 8.66. The van der Waals surface area contributed by atoms with Crippen molar-refractivity contribution in [2.24, 2.45) is 0 Å². The predicted octanol–water partition coefficient (Wildman–Crippen LogP) is 1.76. The molecule has 4 rings (SSSR count). The summed E-state index contributed by atoms with van der Waals surface area (Å²) in [6, 6.07) is 8.41. The number of carbonyl (C=O) groups excluding carboxylic acids is 1. The number of piperazine rings is 1. The Morgan fingerprint density at radius 3 is 2.76 bits per heavy atom. The van der Waals surface area contributed by atoms with E-state index in [2.05, 4.69) is 10.00 Å². The number of nitrogens with zero attached hydrogens (tertiary/aromatic N) is 4. The standard InChI is InChI=1S/C18H21FN4O2/c19-15-4-1-3-14(11-15)13-21-6-8-22(9-7-21)18(24)16-12-17-23(20-16)5-2-10-25-17/h1,3-4,11-12H,2,5-10,13H2. The van der Waals surface area contributed by atoms with Gasteiger partial charge in [-0.1, -0.05) is 12.1 Å². The van der Waals surface area contributed by atoms with E-state index in [0.29, 0.717) is 37.8 Å². The first-order valence-corrected chi connectivity index (χ1v) is 8.66. The van der Waals surface area contributed by atoms with E-state index >= 15 is 0 Å². The lowest BCUT2D eigenvalue weighted by atomic mass is 10.2. The molecule has 0 N–H and O–H groups in total. The van der Waals surface area contributed by atoms with Gasteiger partial charge in [0.25, 0.3) is 5.91 Å². The molecule has 0 aliphatic carbocycles. The maximum Gasteiger partial charge on any atom is 0.274 e. The highest BCUT2D eigenvalue weighted by Crippen LogP contribution is 2.20. The predicted molar refractivity (Wildman–Crippen MR) is 89.9 cm³/mol. The van der Waals surface area contributed by atoms with E-state index in [-0.39, 0.29) is 11.7 Å². The van der Waals surface area contributed by atoms with Gasteiger partial charge in [-0.25, -0.2) is 9.07 Å². The summed E-state index contributed by atoms with van der Waals surface area (Å²) < 4.78 is 20.6. The Morgan fingerprint density at radius 2 is 2.00 bits per heavy atom. The average molecular weight is 344 g/mol. The van der Waals surface area contributed by atoms with Gasteiger partial charge in [-0.05, 0) is 17.7 Å². The van der Waals surface area contributed by atoms with Crippen LogP contribution in [-0.2, 0) is 13.1 Å². The number of hydrogen-bond donors (Lipinski definition) is 0. The third-order valence-corrected chi connectivity index (χ3v) is 4.68. The summed E-state index contributed by atoms with van der Waals surface area (Å²) in [5.74, 6) is 0.424. The van der Waals surface area contributed by atoms with Gasteiger partial charge in [0.2, 0.25) is 5.88 Å². The molecule has 0 radical (unpaired) electrons. The molecular formula is C18H21FN4O2. The number of fused-ring (bicyclic) bond motifs is 1. The Morgan fingerprint density at radius 1 is 1.16 bits per heavy atom. The summed E-state index contributed by atoms with van der Waals surface area (Å²) in [4.78, 5) is 16.7. The van der Waals surface area contributed by atoms with Crippen LogP contribution < -0.4 is 4.74 Å². The van der Waals surface area contributed by atoms with Crippen LogP contribution in [0.2, 0.25) is 0 Å². The van der Waals surface area contributed by atoms with Crippen LogP contribution in [0.4, 0.5) is 4.39 Å². The SMILES string of the molecule is O=C(c1cc2n(n1)CCCO2)N1CCN(Cc2cccc(F)c2)CC1. The number of halogens is 1. The molecule has 7 heteroatoms. The van der Waals surface area contributed by atoms with Gasteiger partial charge in [0.15, 0.2) is 5.69 Å². The lowest BCUT2D eigenvalue weighted by Crippen LogP contribution is -2.48. The second-order valence-corrected chi connectivity index (χ2v) is 6.49. The molecule has 1 saturated heterocycles. The van der Waals surface area contributed by atoms with Crippen LogP contribution in [0.5, 0.6) is 5.88 Å². The van der Waals surface area contributed by atoms with Gasteiger partial charge in [0.05, 0.1) is 6.61 Å². The fraction of sp³-hybridized carbons (Fsp3) is 0.444. The summed E-state index contributed by atoms with van der Waals surface area (Å²) in [6.07, 6.45) is 0.918. The minimum atomic E-state index is -0.211. The molecular weight excluding hydrogens is 323 g/mol. The van der Waals surface area contributed by atoms with E-state index in [9.17, 15) is 9.18 Å². The molecule has 1 aromatic heterocycles. The van der Waals surface area contributed by atoms with Gasteiger partial charge < -0.3 is 9.64 Å². The number of amides is 1. The second kappa shape index (κ2) is 6.84. The minimum Gasteiger partial charge on any atom is -0.478 e. The zero-order chi connectivity index (χ0) is 17.2. The van der Waals surface area contributed by atoms with Gasteiger partial charge in [-0.15, -0.1) is 0 Å². The summed E-state index contributed by atoms with van der Waals surface area (Å²) in [6.45, 7) is 5.02. The number of carbonyl (C=O) groups is 1. The first kappa shape index (κ1) is 16.1. The third kappa shape index (κ3) is 3.51. The van der Waals surface area contributed by atoms with E-state index in [0.717, 1.165) is 31.6 Å². The summed E-state index contributed by atoms with van der Waals surface area (Å²) in [7, 11) is 0. The zero-order valence-electron chi connectivity index (χ0n) is 14.0. The number of aromatic nitrogens is 2. The Labute approximate surface area is 145 Å². The topological polar surface area (TPSA) is 50.6 Å². The zero-order valence-corrected chi connectivity index (χ0v) is 14.0. The molecule has 0 unspecified atom stereocenters. The quantitative estimate of drug-likeness (QED) is 0.851. The van der Waals surface area contributed by atoms with Crippen molar-refractivity contribution in [3.8, 4) is 5.88 Å². The van der Waals surface area contributed by atoms with Gasteiger partial charge >= 0.3 is 0 Å². The molecule has 25 heavy (non-hydrogen) atoms. The maximum atomic E-state index is 13.3. The lowest BCUT2D eigenvalue weighted by Gasteiger charge is -2.34. The Kier molecular flexibility index (Phi) is 4.40. The smallest absolute Gasteiger partial charge is 0.274 e. The van der Waals surface area contributed by atoms with Crippen molar-refractivity contribution >= 4 is 5.91 Å². The Hall–Kier alpha value is -2.41. The van der Waals surface area contributed by atoms with Crippen molar-refractivity contribution in [2.45, 2.75) is 19.5 Å². The molecule has 0 saturated carbocycles. The van der Waals surface area contributed by atoms with Crippen molar-refractivity contribution in [3.63, 3.8) is 0 Å². The van der Waals surface area contributed by atoms with Gasteiger partial charge in [0.1, 0.15) is 5.82 Å². The van der Waals surface area contributed by atoms with Gasteiger partial charge in [-0.3, -0.25) is 9.69 Å². The van der Waals surface area contributed by atoms with E-state index in [1.807, 2.05) is 11.0 Å². The molecule has 0 spiro atoms. The number of aryl methyl sites for hydroxylation is 1. The molecule has 0 bridgehead atoms.